The van der Waals surface area contributed by atoms with E-state index >= 15 is 0 Å². The first-order valence-corrected chi connectivity index (χ1v) is 11.2. The van der Waals surface area contributed by atoms with Crippen molar-refractivity contribution in [3.63, 3.8) is 0 Å². The Kier molecular flexibility index (Phi) is 6.45. The summed E-state index contributed by atoms with van der Waals surface area (Å²) < 4.78 is 0.598. The zero-order chi connectivity index (χ0) is 20.9. The first kappa shape index (κ1) is 20.6. The number of amidine groups is 1. The molecule has 1 amide bonds. The summed E-state index contributed by atoms with van der Waals surface area (Å²) in [5.41, 5.74) is 3.88. The molecule has 1 aliphatic rings. The predicted molar refractivity (Wildman–Crippen MR) is 122 cm³/mol. The standard InChI is InChI=1S/C23H23ClN4OS/c24-21-9-8-20(30-21)23(29)27-14-16-12-19(15-26-13-16)17-4-6-18(7-5-17)22(25)28-10-2-1-3-11-28/h4-9,12-13,15,25H,1-3,10-11,14H2,(H,27,29). The minimum absolute atomic E-state index is 0.141. The minimum Gasteiger partial charge on any atom is -0.357 e. The molecule has 0 saturated carbocycles. The molecule has 1 aromatic carbocycles. The van der Waals surface area contributed by atoms with E-state index in [-0.39, 0.29) is 5.91 Å². The van der Waals surface area contributed by atoms with Crippen molar-refractivity contribution in [3.05, 3.63) is 75.2 Å². The van der Waals surface area contributed by atoms with Crippen molar-refractivity contribution >= 4 is 34.7 Å². The average Bonchev–Trinajstić information content (AvgIpc) is 3.24. The second-order valence-corrected chi connectivity index (χ2v) is 9.06. The molecule has 5 nitrogen and oxygen atoms in total. The smallest absolute Gasteiger partial charge is 0.261 e. The van der Waals surface area contributed by atoms with Gasteiger partial charge < -0.3 is 10.2 Å². The maximum atomic E-state index is 12.2. The van der Waals surface area contributed by atoms with Crippen LogP contribution >= 0.6 is 22.9 Å². The number of thiophene rings is 1. The highest BCUT2D eigenvalue weighted by molar-refractivity contribution is 7.17. The Balaban J connectivity index is 1.41. The summed E-state index contributed by atoms with van der Waals surface area (Å²) in [4.78, 5) is 19.3. The van der Waals surface area contributed by atoms with Crippen LogP contribution in [0, 0.1) is 5.41 Å². The second-order valence-electron chi connectivity index (χ2n) is 7.34. The zero-order valence-electron chi connectivity index (χ0n) is 16.5. The number of rotatable bonds is 5. The van der Waals surface area contributed by atoms with Crippen LogP contribution in [0.25, 0.3) is 11.1 Å². The van der Waals surface area contributed by atoms with Crippen LogP contribution < -0.4 is 5.32 Å². The Morgan fingerprint density at radius 2 is 1.83 bits per heavy atom. The molecule has 3 heterocycles. The van der Waals surface area contributed by atoms with Crippen molar-refractivity contribution in [1.29, 1.82) is 5.41 Å². The highest BCUT2D eigenvalue weighted by Gasteiger charge is 2.15. The molecule has 2 aromatic heterocycles. The van der Waals surface area contributed by atoms with Gasteiger partial charge in [-0.2, -0.15) is 0 Å². The van der Waals surface area contributed by atoms with Crippen molar-refractivity contribution in [2.45, 2.75) is 25.8 Å². The number of pyridine rings is 1. The molecule has 0 unspecified atom stereocenters. The summed E-state index contributed by atoms with van der Waals surface area (Å²) in [6.45, 7) is 2.33. The molecule has 0 aliphatic carbocycles. The quantitative estimate of drug-likeness (QED) is 0.424. The second kappa shape index (κ2) is 9.41. The maximum absolute atomic E-state index is 12.2. The number of carbonyl (C=O) groups excluding carboxylic acids is 1. The van der Waals surface area contributed by atoms with Crippen molar-refractivity contribution in [3.8, 4) is 11.1 Å². The van der Waals surface area contributed by atoms with Crippen molar-refractivity contribution in [1.82, 2.24) is 15.2 Å². The van der Waals surface area contributed by atoms with E-state index in [1.807, 2.05) is 36.5 Å². The number of hydrogen-bond donors (Lipinski definition) is 2. The van der Waals surface area contributed by atoms with Gasteiger partial charge in [0.05, 0.1) is 9.21 Å². The van der Waals surface area contributed by atoms with E-state index in [2.05, 4.69) is 15.2 Å². The van der Waals surface area contributed by atoms with E-state index in [1.54, 1.807) is 18.3 Å². The third-order valence-corrected chi connectivity index (χ3v) is 6.44. The summed E-state index contributed by atoms with van der Waals surface area (Å²) in [6.07, 6.45) is 7.15. The molecule has 1 fully saturated rings. The predicted octanol–water partition coefficient (Wildman–Crippen LogP) is 5.20. The third-order valence-electron chi connectivity index (χ3n) is 5.21. The molecule has 4 rings (SSSR count). The molecular formula is C23H23ClN4OS. The van der Waals surface area contributed by atoms with Gasteiger partial charge in [0.25, 0.3) is 5.91 Å². The highest BCUT2D eigenvalue weighted by Crippen LogP contribution is 2.23. The normalized spacial score (nSPS) is 13.8. The number of nitrogens with one attached hydrogen (secondary N) is 2. The van der Waals surface area contributed by atoms with E-state index in [0.717, 1.165) is 48.2 Å². The number of likely N-dealkylation sites (tertiary alicyclic amines) is 1. The van der Waals surface area contributed by atoms with Gasteiger partial charge in [0, 0.05) is 43.2 Å². The lowest BCUT2D eigenvalue weighted by Crippen LogP contribution is -2.35. The molecular weight excluding hydrogens is 416 g/mol. The molecule has 3 aromatic rings. The van der Waals surface area contributed by atoms with Crippen molar-refractivity contribution in [2.24, 2.45) is 0 Å². The lowest BCUT2D eigenvalue weighted by molar-refractivity contribution is 0.0955. The van der Waals surface area contributed by atoms with Crippen LogP contribution in [0.5, 0.6) is 0 Å². The van der Waals surface area contributed by atoms with Gasteiger partial charge in [0.2, 0.25) is 0 Å². The number of amides is 1. The monoisotopic (exact) mass is 438 g/mol. The number of carbonyl (C=O) groups is 1. The Morgan fingerprint density at radius 3 is 2.53 bits per heavy atom. The number of aromatic nitrogens is 1. The van der Waals surface area contributed by atoms with Crippen LogP contribution in [-0.2, 0) is 6.54 Å². The fourth-order valence-electron chi connectivity index (χ4n) is 3.57. The maximum Gasteiger partial charge on any atom is 0.261 e. The summed E-state index contributed by atoms with van der Waals surface area (Å²) in [5, 5.41) is 11.4. The van der Waals surface area contributed by atoms with Gasteiger partial charge in [-0.3, -0.25) is 15.2 Å². The first-order valence-electron chi connectivity index (χ1n) is 10.0. The molecule has 154 valence electrons. The fraction of sp³-hybridized carbons (Fsp3) is 0.261. The van der Waals surface area contributed by atoms with Crippen LogP contribution in [0.4, 0.5) is 0 Å². The van der Waals surface area contributed by atoms with Crippen molar-refractivity contribution in [2.75, 3.05) is 13.1 Å². The summed E-state index contributed by atoms with van der Waals surface area (Å²) in [7, 11) is 0. The molecule has 0 radical (unpaired) electrons. The molecule has 7 heteroatoms. The Labute approximate surface area is 185 Å². The Morgan fingerprint density at radius 1 is 1.07 bits per heavy atom. The van der Waals surface area contributed by atoms with Crippen LogP contribution in [0.15, 0.2) is 54.9 Å². The van der Waals surface area contributed by atoms with E-state index in [9.17, 15) is 4.79 Å². The van der Waals surface area contributed by atoms with Gasteiger partial charge in [0.15, 0.2) is 0 Å². The number of benzene rings is 1. The first-order chi connectivity index (χ1) is 14.6. The topological polar surface area (TPSA) is 69.1 Å². The lowest BCUT2D eigenvalue weighted by Gasteiger charge is -2.29. The number of nitrogens with zero attached hydrogens (tertiary/aromatic N) is 2. The van der Waals surface area contributed by atoms with E-state index in [0.29, 0.717) is 21.6 Å². The van der Waals surface area contributed by atoms with Crippen LogP contribution in [0.2, 0.25) is 4.34 Å². The third kappa shape index (κ3) is 4.89. The minimum atomic E-state index is -0.141. The molecule has 0 spiro atoms. The average molecular weight is 439 g/mol. The number of hydrogen-bond acceptors (Lipinski definition) is 4. The molecule has 2 N–H and O–H groups in total. The van der Waals surface area contributed by atoms with E-state index < -0.39 is 0 Å². The van der Waals surface area contributed by atoms with Gasteiger partial charge in [0.1, 0.15) is 5.84 Å². The molecule has 1 aliphatic heterocycles. The van der Waals surface area contributed by atoms with Crippen LogP contribution in [-0.4, -0.2) is 34.7 Å². The largest absolute Gasteiger partial charge is 0.357 e. The summed E-state index contributed by atoms with van der Waals surface area (Å²) in [6, 6.07) is 13.5. The molecule has 1 saturated heterocycles. The number of piperidine rings is 1. The fourth-order valence-corrected chi connectivity index (χ4v) is 4.53. The molecule has 0 bridgehead atoms. The van der Waals surface area contributed by atoms with E-state index in [1.165, 1.54) is 17.8 Å². The lowest BCUT2D eigenvalue weighted by atomic mass is 10.0. The van der Waals surface area contributed by atoms with Crippen LogP contribution in [0.3, 0.4) is 0 Å². The molecule has 30 heavy (non-hydrogen) atoms. The van der Waals surface area contributed by atoms with E-state index in [4.69, 9.17) is 17.0 Å². The summed E-state index contributed by atoms with van der Waals surface area (Å²) >= 11 is 7.16. The van der Waals surface area contributed by atoms with Crippen molar-refractivity contribution < 1.29 is 4.79 Å². The van der Waals surface area contributed by atoms with Gasteiger partial charge in [-0.05, 0) is 48.6 Å². The summed E-state index contributed by atoms with van der Waals surface area (Å²) in [5.74, 6) is 0.461. The Bertz CT molecular complexity index is 1040. The zero-order valence-corrected chi connectivity index (χ0v) is 18.1. The van der Waals surface area contributed by atoms with Gasteiger partial charge >= 0.3 is 0 Å². The van der Waals surface area contributed by atoms with Crippen LogP contribution in [0.1, 0.15) is 40.1 Å². The van der Waals surface area contributed by atoms with Gasteiger partial charge in [-0.25, -0.2) is 0 Å². The SMILES string of the molecule is N=C(c1ccc(-c2cncc(CNC(=O)c3ccc(Cl)s3)c2)cc1)N1CCCCC1. The van der Waals surface area contributed by atoms with Gasteiger partial charge in [-0.15, -0.1) is 11.3 Å². The Hall–Kier alpha value is -2.70. The van der Waals surface area contributed by atoms with Gasteiger partial charge in [-0.1, -0.05) is 35.9 Å². The number of halogens is 1. The molecule has 0 atom stereocenters. The highest BCUT2D eigenvalue weighted by atomic mass is 35.5.